The summed E-state index contributed by atoms with van der Waals surface area (Å²) in [7, 11) is 1.68. The van der Waals surface area contributed by atoms with Crippen LogP contribution in [0.25, 0.3) is 0 Å². The van der Waals surface area contributed by atoms with Crippen LogP contribution < -0.4 is 0 Å². The molecule has 2 aliphatic rings. The van der Waals surface area contributed by atoms with Gasteiger partial charge in [-0.05, 0) is 32.1 Å². The first-order valence-corrected chi connectivity index (χ1v) is 4.88. The third-order valence-corrected chi connectivity index (χ3v) is 3.48. The van der Waals surface area contributed by atoms with Crippen molar-refractivity contribution in [1.82, 2.24) is 0 Å². The molecule has 0 aromatic heterocycles. The average molecular weight is 168 g/mol. The third kappa shape index (κ3) is 1.01. The second-order valence-corrected chi connectivity index (χ2v) is 4.04. The Morgan fingerprint density at radius 1 is 1.33 bits per heavy atom. The summed E-state index contributed by atoms with van der Waals surface area (Å²) in [6.45, 7) is 0. The Labute approximate surface area is 73.3 Å². The second kappa shape index (κ2) is 2.84. The van der Waals surface area contributed by atoms with Crippen LogP contribution in [-0.2, 0) is 9.53 Å². The van der Waals surface area contributed by atoms with Gasteiger partial charge in [0.15, 0.2) is 5.78 Å². The normalized spacial score (nSPS) is 27.4. The van der Waals surface area contributed by atoms with Crippen LogP contribution in [0.4, 0.5) is 0 Å². The fourth-order valence-corrected chi connectivity index (χ4v) is 2.09. The highest BCUT2D eigenvalue weighted by molar-refractivity contribution is 5.90. The topological polar surface area (TPSA) is 26.3 Å². The van der Waals surface area contributed by atoms with Gasteiger partial charge in [-0.1, -0.05) is 6.42 Å². The Balaban J connectivity index is 2.00. The van der Waals surface area contributed by atoms with Crippen molar-refractivity contribution in [3.05, 3.63) is 0 Å². The van der Waals surface area contributed by atoms with E-state index >= 15 is 0 Å². The fraction of sp³-hybridized carbons (Fsp3) is 0.900. The molecule has 0 heterocycles. The predicted molar refractivity (Wildman–Crippen MR) is 45.9 cm³/mol. The quantitative estimate of drug-likeness (QED) is 0.643. The number of hydrogen-bond acceptors (Lipinski definition) is 2. The predicted octanol–water partition coefficient (Wildman–Crippen LogP) is 1.92. The first-order valence-electron chi connectivity index (χ1n) is 4.88. The molecular formula is C10H16O2. The Hall–Kier alpha value is -0.370. The molecular weight excluding hydrogens is 152 g/mol. The lowest BCUT2D eigenvalue weighted by atomic mass is 9.68. The highest BCUT2D eigenvalue weighted by atomic mass is 16.5. The van der Waals surface area contributed by atoms with Crippen molar-refractivity contribution in [2.75, 3.05) is 7.11 Å². The summed E-state index contributed by atoms with van der Waals surface area (Å²) in [6, 6.07) is 0. The molecule has 0 aromatic rings. The molecule has 0 radical (unpaired) electrons. The number of carbonyl (C=O) groups excluding carboxylic acids is 1. The molecule has 2 aliphatic carbocycles. The largest absolute Gasteiger partial charge is 0.370 e. The first-order chi connectivity index (χ1) is 5.78. The molecule has 0 N–H and O–H groups in total. The number of Topliss-reactive ketones (excluding diaryl/α,β-unsaturated/α-hetero) is 1. The van der Waals surface area contributed by atoms with Gasteiger partial charge >= 0.3 is 0 Å². The van der Waals surface area contributed by atoms with E-state index in [1.807, 2.05) is 0 Å². The molecule has 68 valence electrons. The van der Waals surface area contributed by atoms with Crippen molar-refractivity contribution in [2.24, 2.45) is 5.92 Å². The van der Waals surface area contributed by atoms with Crippen molar-refractivity contribution < 1.29 is 9.53 Å². The molecule has 0 atom stereocenters. The molecule has 2 rings (SSSR count). The Bertz CT molecular complexity index is 185. The van der Waals surface area contributed by atoms with Crippen LogP contribution in [-0.4, -0.2) is 18.5 Å². The number of ketones is 1. The van der Waals surface area contributed by atoms with Gasteiger partial charge in [0.2, 0.25) is 0 Å². The lowest BCUT2D eigenvalue weighted by Crippen LogP contribution is -2.51. The molecule has 0 saturated heterocycles. The van der Waals surface area contributed by atoms with E-state index in [2.05, 4.69) is 0 Å². The highest BCUT2D eigenvalue weighted by Crippen LogP contribution is 2.42. The SMILES string of the molecule is COC1(C(=O)C2CCC2)CCC1. The second-order valence-electron chi connectivity index (χ2n) is 4.04. The van der Waals surface area contributed by atoms with Crippen LogP contribution in [0, 0.1) is 5.92 Å². The van der Waals surface area contributed by atoms with E-state index in [0.717, 1.165) is 32.1 Å². The molecule has 12 heavy (non-hydrogen) atoms. The van der Waals surface area contributed by atoms with E-state index in [1.165, 1.54) is 6.42 Å². The molecule has 2 saturated carbocycles. The van der Waals surface area contributed by atoms with Gasteiger partial charge in [-0.2, -0.15) is 0 Å². The van der Waals surface area contributed by atoms with Gasteiger partial charge in [0.25, 0.3) is 0 Å². The van der Waals surface area contributed by atoms with Gasteiger partial charge in [-0.15, -0.1) is 0 Å². The Morgan fingerprint density at radius 2 is 2.00 bits per heavy atom. The maximum absolute atomic E-state index is 11.8. The van der Waals surface area contributed by atoms with Crippen LogP contribution in [0.15, 0.2) is 0 Å². The smallest absolute Gasteiger partial charge is 0.167 e. The number of ether oxygens (including phenoxy) is 1. The minimum absolute atomic E-state index is 0.338. The Kier molecular flexibility index (Phi) is 1.95. The summed E-state index contributed by atoms with van der Waals surface area (Å²) in [6.07, 6.45) is 6.51. The molecule has 0 spiro atoms. The first kappa shape index (κ1) is 8.24. The number of rotatable bonds is 3. The standard InChI is InChI=1S/C10H16O2/c1-12-10(6-3-7-10)9(11)8-4-2-5-8/h8H,2-7H2,1H3. The van der Waals surface area contributed by atoms with Crippen molar-refractivity contribution in [1.29, 1.82) is 0 Å². The van der Waals surface area contributed by atoms with Crippen molar-refractivity contribution in [3.63, 3.8) is 0 Å². The van der Waals surface area contributed by atoms with E-state index in [-0.39, 0.29) is 5.60 Å². The minimum atomic E-state index is -0.342. The lowest BCUT2D eigenvalue weighted by Gasteiger charge is -2.42. The number of carbonyl (C=O) groups is 1. The Morgan fingerprint density at radius 3 is 2.25 bits per heavy atom. The summed E-state index contributed by atoms with van der Waals surface area (Å²) in [5, 5.41) is 0. The van der Waals surface area contributed by atoms with Crippen molar-refractivity contribution in [2.45, 2.75) is 44.1 Å². The maximum Gasteiger partial charge on any atom is 0.167 e. The zero-order valence-electron chi connectivity index (χ0n) is 7.64. The number of hydrogen-bond donors (Lipinski definition) is 0. The van der Waals surface area contributed by atoms with E-state index in [9.17, 15) is 4.79 Å². The van der Waals surface area contributed by atoms with Crippen LogP contribution in [0.2, 0.25) is 0 Å². The summed E-state index contributed by atoms with van der Waals surface area (Å²) in [4.78, 5) is 11.8. The van der Waals surface area contributed by atoms with E-state index < -0.39 is 0 Å². The van der Waals surface area contributed by atoms with Crippen molar-refractivity contribution >= 4 is 5.78 Å². The summed E-state index contributed by atoms with van der Waals surface area (Å²) < 4.78 is 5.34. The van der Waals surface area contributed by atoms with Crippen molar-refractivity contribution in [3.8, 4) is 0 Å². The molecule has 2 nitrogen and oxygen atoms in total. The average Bonchev–Trinajstić information content (AvgIpc) is 1.81. The lowest BCUT2D eigenvalue weighted by molar-refractivity contribution is -0.158. The fourth-order valence-electron chi connectivity index (χ4n) is 2.09. The summed E-state index contributed by atoms with van der Waals surface area (Å²) >= 11 is 0. The molecule has 0 unspecified atom stereocenters. The van der Waals surface area contributed by atoms with Gasteiger partial charge in [0.1, 0.15) is 5.60 Å². The molecule has 0 bridgehead atoms. The molecule has 0 amide bonds. The van der Waals surface area contributed by atoms with E-state index in [0.29, 0.717) is 11.7 Å². The zero-order chi connectivity index (χ0) is 8.60. The van der Waals surface area contributed by atoms with Gasteiger partial charge in [-0.3, -0.25) is 4.79 Å². The summed E-state index contributed by atoms with van der Waals surface area (Å²) in [5.41, 5.74) is -0.342. The van der Waals surface area contributed by atoms with Crippen LogP contribution in [0.1, 0.15) is 38.5 Å². The minimum Gasteiger partial charge on any atom is -0.370 e. The van der Waals surface area contributed by atoms with Gasteiger partial charge < -0.3 is 4.74 Å². The highest BCUT2D eigenvalue weighted by Gasteiger charge is 2.47. The molecule has 0 aromatic carbocycles. The third-order valence-electron chi connectivity index (χ3n) is 3.48. The van der Waals surface area contributed by atoms with Crippen LogP contribution in [0.5, 0.6) is 0 Å². The van der Waals surface area contributed by atoms with E-state index in [1.54, 1.807) is 7.11 Å². The maximum atomic E-state index is 11.8. The van der Waals surface area contributed by atoms with Crippen LogP contribution in [0.3, 0.4) is 0 Å². The summed E-state index contributed by atoms with van der Waals surface area (Å²) in [5.74, 6) is 0.729. The van der Waals surface area contributed by atoms with E-state index in [4.69, 9.17) is 4.74 Å². The molecule has 2 heteroatoms. The van der Waals surface area contributed by atoms with Gasteiger partial charge in [-0.25, -0.2) is 0 Å². The molecule has 2 fully saturated rings. The van der Waals surface area contributed by atoms with Gasteiger partial charge in [0.05, 0.1) is 0 Å². The number of methoxy groups -OCH3 is 1. The monoisotopic (exact) mass is 168 g/mol. The molecule has 0 aliphatic heterocycles. The zero-order valence-corrected chi connectivity index (χ0v) is 7.64. The van der Waals surface area contributed by atoms with Gasteiger partial charge in [0, 0.05) is 13.0 Å². The van der Waals surface area contributed by atoms with Crippen LogP contribution >= 0.6 is 0 Å².